The van der Waals surface area contributed by atoms with Crippen LogP contribution in [-0.4, -0.2) is 17.6 Å². The molecule has 128 valence electrons. The molecule has 0 aliphatic heterocycles. The lowest BCUT2D eigenvalue weighted by Gasteiger charge is -2.15. The molecule has 3 rings (SSSR count). The number of esters is 1. The van der Waals surface area contributed by atoms with E-state index in [1.807, 2.05) is 43.3 Å². The van der Waals surface area contributed by atoms with Crippen molar-refractivity contribution in [1.29, 1.82) is 0 Å². The number of carbonyl (C=O) groups excluding carboxylic acids is 1. The Kier molecular flexibility index (Phi) is 5.39. The van der Waals surface area contributed by atoms with Gasteiger partial charge in [0.1, 0.15) is 5.56 Å². The van der Waals surface area contributed by atoms with Gasteiger partial charge in [-0.25, -0.2) is 4.79 Å². The third-order valence-corrected chi connectivity index (χ3v) is 5.11. The molecule has 0 aliphatic rings. The summed E-state index contributed by atoms with van der Waals surface area (Å²) in [5.74, 6) is -0.398. The van der Waals surface area contributed by atoms with E-state index in [2.05, 4.69) is 42.2 Å². The van der Waals surface area contributed by atoms with E-state index in [1.54, 1.807) is 13.1 Å². The molecule has 2 aromatic carbocycles. The molecule has 3 aromatic rings. The van der Waals surface area contributed by atoms with Crippen molar-refractivity contribution >= 4 is 60.1 Å². The summed E-state index contributed by atoms with van der Waals surface area (Å²) in [4.78, 5) is 16.8. The molecule has 1 heterocycles. The summed E-state index contributed by atoms with van der Waals surface area (Å²) in [6, 6.07) is 11.7. The summed E-state index contributed by atoms with van der Waals surface area (Å²) in [6.45, 7) is 4.12. The largest absolute Gasteiger partial charge is 0.462 e. The average Bonchev–Trinajstić information content (AvgIpc) is 2.58. The number of rotatable bonds is 4. The van der Waals surface area contributed by atoms with Gasteiger partial charge in [0.15, 0.2) is 0 Å². The van der Waals surface area contributed by atoms with Crippen LogP contribution in [0.4, 0.5) is 11.4 Å². The summed E-state index contributed by atoms with van der Waals surface area (Å²) in [5.41, 5.74) is 3.89. The number of fused-ring (bicyclic) bond motifs is 1. The molecule has 1 aromatic heterocycles. The van der Waals surface area contributed by atoms with Gasteiger partial charge in [-0.15, -0.1) is 0 Å². The van der Waals surface area contributed by atoms with Gasteiger partial charge in [-0.3, -0.25) is 4.98 Å². The predicted octanol–water partition coefficient (Wildman–Crippen LogP) is 5.99. The highest BCUT2D eigenvalue weighted by molar-refractivity contribution is 9.10. The first-order valence-corrected chi connectivity index (χ1v) is 9.36. The highest BCUT2D eigenvalue weighted by atomic mass is 79.9. The number of anilines is 2. The number of aromatic nitrogens is 1. The molecule has 0 saturated carbocycles. The van der Waals surface area contributed by atoms with Crippen LogP contribution in [0.15, 0.2) is 51.5 Å². The van der Waals surface area contributed by atoms with Gasteiger partial charge >= 0.3 is 5.97 Å². The maximum absolute atomic E-state index is 12.4. The number of hydrogen-bond donors (Lipinski definition) is 1. The van der Waals surface area contributed by atoms with Crippen LogP contribution in [0.1, 0.15) is 22.8 Å². The lowest BCUT2D eigenvalue weighted by molar-refractivity contribution is 0.0527. The molecule has 0 fully saturated rings. The lowest BCUT2D eigenvalue weighted by Crippen LogP contribution is -2.09. The van der Waals surface area contributed by atoms with E-state index in [9.17, 15) is 4.79 Å². The van der Waals surface area contributed by atoms with Crippen LogP contribution in [0.3, 0.4) is 0 Å². The molecule has 0 radical (unpaired) electrons. The Morgan fingerprint density at radius 1 is 1.20 bits per heavy atom. The number of benzene rings is 2. The van der Waals surface area contributed by atoms with Crippen molar-refractivity contribution in [3.05, 3.63) is 62.7 Å². The van der Waals surface area contributed by atoms with Crippen molar-refractivity contribution in [2.45, 2.75) is 13.8 Å². The van der Waals surface area contributed by atoms with Crippen molar-refractivity contribution in [2.24, 2.45) is 0 Å². The maximum atomic E-state index is 12.4. The summed E-state index contributed by atoms with van der Waals surface area (Å²) in [5, 5.41) is 4.20. The molecule has 25 heavy (non-hydrogen) atoms. The molecule has 0 spiro atoms. The van der Waals surface area contributed by atoms with Crippen molar-refractivity contribution in [3.63, 3.8) is 0 Å². The molecule has 4 nitrogen and oxygen atoms in total. The van der Waals surface area contributed by atoms with Gasteiger partial charge < -0.3 is 10.1 Å². The fourth-order valence-electron chi connectivity index (χ4n) is 2.48. The fraction of sp³-hybridized carbons (Fsp3) is 0.158. The van der Waals surface area contributed by atoms with Crippen molar-refractivity contribution in [1.82, 2.24) is 4.98 Å². The summed E-state index contributed by atoms with van der Waals surface area (Å²) in [7, 11) is 0. The molecule has 6 heteroatoms. The van der Waals surface area contributed by atoms with Gasteiger partial charge in [-0.1, -0.05) is 37.9 Å². The van der Waals surface area contributed by atoms with Crippen LogP contribution in [0.5, 0.6) is 0 Å². The minimum Gasteiger partial charge on any atom is -0.462 e. The van der Waals surface area contributed by atoms with Crippen LogP contribution >= 0.6 is 31.9 Å². The van der Waals surface area contributed by atoms with E-state index in [4.69, 9.17) is 4.74 Å². The van der Waals surface area contributed by atoms with E-state index < -0.39 is 5.97 Å². The van der Waals surface area contributed by atoms with Crippen LogP contribution in [-0.2, 0) is 4.74 Å². The molecule has 0 unspecified atom stereocenters. The second kappa shape index (κ2) is 7.54. The lowest BCUT2D eigenvalue weighted by atomic mass is 10.1. The van der Waals surface area contributed by atoms with Gasteiger partial charge in [0, 0.05) is 26.2 Å². The average molecular weight is 464 g/mol. The fourth-order valence-corrected chi connectivity index (χ4v) is 3.22. The van der Waals surface area contributed by atoms with Gasteiger partial charge in [0.05, 0.1) is 17.8 Å². The summed E-state index contributed by atoms with van der Waals surface area (Å²) < 4.78 is 7.10. The monoisotopic (exact) mass is 462 g/mol. The highest BCUT2D eigenvalue weighted by Crippen LogP contribution is 2.32. The third-order valence-electron chi connectivity index (χ3n) is 3.77. The zero-order valence-corrected chi connectivity index (χ0v) is 16.9. The third kappa shape index (κ3) is 3.85. The molecule has 0 bridgehead atoms. The number of aryl methyl sites for hydroxylation is 1. The Labute approximate surface area is 162 Å². The summed E-state index contributed by atoms with van der Waals surface area (Å²) in [6.07, 6.45) is 1.56. The number of nitrogens with one attached hydrogen (secondary N) is 1. The quantitative estimate of drug-likeness (QED) is 0.483. The zero-order valence-electron chi connectivity index (χ0n) is 13.8. The van der Waals surface area contributed by atoms with E-state index in [0.717, 1.165) is 31.1 Å². The molecular formula is C19H16Br2N2O2. The van der Waals surface area contributed by atoms with E-state index in [0.29, 0.717) is 17.9 Å². The highest BCUT2D eigenvalue weighted by Gasteiger charge is 2.17. The van der Waals surface area contributed by atoms with Crippen molar-refractivity contribution in [2.75, 3.05) is 11.9 Å². The maximum Gasteiger partial charge on any atom is 0.341 e. The van der Waals surface area contributed by atoms with Crippen LogP contribution in [0, 0.1) is 6.92 Å². The van der Waals surface area contributed by atoms with Crippen LogP contribution in [0.2, 0.25) is 0 Å². The summed E-state index contributed by atoms with van der Waals surface area (Å²) >= 11 is 7.03. The number of ether oxygens (including phenoxy) is 1. The normalized spacial score (nSPS) is 10.7. The minimum atomic E-state index is -0.398. The van der Waals surface area contributed by atoms with Crippen molar-refractivity contribution in [3.8, 4) is 0 Å². The smallest absolute Gasteiger partial charge is 0.341 e. The number of nitrogens with zero attached hydrogens (tertiary/aromatic N) is 1. The van der Waals surface area contributed by atoms with Gasteiger partial charge in [0.25, 0.3) is 0 Å². The zero-order chi connectivity index (χ0) is 18.0. The Hall–Kier alpha value is -1.92. The Bertz CT molecular complexity index is 958. The Morgan fingerprint density at radius 2 is 2.00 bits per heavy atom. The predicted molar refractivity (Wildman–Crippen MR) is 108 cm³/mol. The van der Waals surface area contributed by atoms with E-state index in [1.165, 1.54) is 0 Å². The Morgan fingerprint density at radius 3 is 2.72 bits per heavy atom. The standard InChI is InChI=1S/C19H16Br2N2O2/c1-3-25-19(24)15-10-22-17-7-5-12(20)8-14(17)18(15)23-13-6-4-11(2)16(21)9-13/h4-10H,3H2,1-2H3,(H,22,23). The van der Waals surface area contributed by atoms with Crippen LogP contribution < -0.4 is 5.32 Å². The topological polar surface area (TPSA) is 51.2 Å². The van der Waals surface area contributed by atoms with Gasteiger partial charge in [0.2, 0.25) is 0 Å². The first-order chi connectivity index (χ1) is 12.0. The van der Waals surface area contributed by atoms with Crippen molar-refractivity contribution < 1.29 is 9.53 Å². The second-order valence-electron chi connectivity index (χ2n) is 5.52. The number of carbonyl (C=O) groups is 1. The van der Waals surface area contributed by atoms with Gasteiger partial charge in [-0.2, -0.15) is 0 Å². The molecule has 0 amide bonds. The van der Waals surface area contributed by atoms with Crippen LogP contribution in [0.25, 0.3) is 10.9 Å². The van der Waals surface area contributed by atoms with Gasteiger partial charge in [-0.05, 0) is 49.7 Å². The Balaban J connectivity index is 2.17. The first kappa shape index (κ1) is 17.9. The first-order valence-electron chi connectivity index (χ1n) is 7.78. The molecule has 0 saturated heterocycles. The van der Waals surface area contributed by atoms with E-state index in [-0.39, 0.29) is 0 Å². The molecular weight excluding hydrogens is 448 g/mol. The molecule has 1 N–H and O–H groups in total. The number of hydrogen-bond acceptors (Lipinski definition) is 4. The molecule has 0 aliphatic carbocycles. The number of pyridine rings is 1. The second-order valence-corrected chi connectivity index (χ2v) is 7.29. The van der Waals surface area contributed by atoms with E-state index >= 15 is 0 Å². The number of halogens is 2. The SMILES string of the molecule is CCOC(=O)c1cnc2ccc(Br)cc2c1Nc1ccc(C)c(Br)c1. The molecule has 0 atom stereocenters. The minimum absolute atomic E-state index is 0.310.